The topological polar surface area (TPSA) is 111 Å². The second-order valence-corrected chi connectivity index (χ2v) is 6.02. The molecule has 0 atom stereocenters. The molecule has 0 aromatic heterocycles. The van der Waals surface area contributed by atoms with Crippen LogP contribution in [-0.2, 0) is 0 Å². The van der Waals surface area contributed by atoms with Gasteiger partial charge in [0.05, 0.1) is 16.2 Å². The fraction of sp³-hybridized carbons (Fsp3) is 0. The van der Waals surface area contributed by atoms with Crippen LogP contribution in [0.5, 0.6) is 11.5 Å². The predicted molar refractivity (Wildman–Crippen MR) is 102 cm³/mol. The number of anilines is 2. The van der Waals surface area contributed by atoms with Gasteiger partial charge >= 0.3 is 0 Å². The highest BCUT2D eigenvalue weighted by molar-refractivity contribution is 6.10. The van der Waals surface area contributed by atoms with Crippen molar-refractivity contribution in [1.82, 2.24) is 0 Å². The largest absolute Gasteiger partial charge is 0.454 e. The number of nitrogens with one attached hydrogen (secondary N) is 2. The van der Waals surface area contributed by atoms with E-state index in [9.17, 15) is 19.7 Å². The maximum absolute atomic E-state index is 12.5. The highest BCUT2D eigenvalue weighted by atomic mass is 16.6. The Morgan fingerprint density at radius 3 is 2.50 bits per heavy atom. The van der Waals surface area contributed by atoms with Crippen LogP contribution in [0.15, 0.2) is 66.7 Å². The van der Waals surface area contributed by atoms with Crippen LogP contribution in [0.25, 0.3) is 0 Å². The summed E-state index contributed by atoms with van der Waals surface area (Å²) in [6, 6.07) is 17.0. The standard InChI is InChI=1S/C20H13N3O5/c24-19(12-5-8-14(9-6-12)23(26)27)21-13-7-10-17-15(11-13)20(25)22-16-3-1-2-4-18(16)28-17/h1-11H,(H,21,24)(H,22,25). The molecule has 1 heterocycles. The molecule has 3 aromatic rings. The lowest BCUT2D eigenvalue weighted by Crippen LogP contribution is -2.14. The monoisotopic (exact) mass is 375 g/mol. The van der Waals surface area contributed by atoms with Crippen molar-refractivity contribution in [3.63, 3.8) is 0 Å². The molecular weight excluding hydrogens is 362 g/mol. The van der Waals surface area contributed by atoms with Crippen LogP contribution in [0, 0.1) is 10.1 Å². The summed E-state index contributed by atoms with van der Waals surface area (Å²) in [6.07, 6.45) is 0. The van der Waals surface area contributed by atoms with Gasteiger partial charge in [-0.25, -0.2) is 0 Å². The van der Waals surface area contributed by atoms with Crippen molar-refractivity contribution in [2.24, 2.45) is 0 Å². The van der Waals surface area contributed by atoms with Crippen LogP contribution in [-0.4, -0.2) is 16.7 Å². The average molecular weight is 375 g/mol. The van der Waals surface area contributed by atoms with Gasteiger partial charge in [-0.3, -0.25) is 19.7 Å². The average Bonchev–Trinajstić information content (AvgIpc) is 2.84. The van der Waals surface area contributed by atoms with E-state index in [4.69, 9.17) is 4.74 Å². The van der Waals surface area contributed by atoms with Crippen molar-refractivity contribution >= 4 is 28.9 Å². The number of carbonyl (C=O) groups excluding carboxylic acids is 2. The Kier molecular flexibility index (Phi) is 4.21. The predicted octanol–water partition coefficient (Wildman–Crippen LogP) is 4.21. The lowest BCUT2D eigenvalue weighted by Gasteiger charge is -2.10. The van der Waals surface area contributed by atoms with Crippen molar-refractivity contribution in [3.05, 3.63) is 88.0 Å². The van der Waals surface area contributed by atoms with Crippen LogP contribution in [0.4, 0.5) is 17.1 Å². The van der Waals surface area contributed by atoms with Crippen molar-refractivity contribution in [3.8, 4) is 11.5 Å². The lowest BCUT2D eigenvalue weighted by atomic mass is 10.1. The van der Waals surface area contributed by atoms with Crippen molar-refractivity contribution in [2.45, 2.75) is 0 Å². The Morgan fingerprint density at radius 1 is 1.00 bits per heavy atom. The Hall–Kier alpha value is -4.20. The van der Waals surface area contributed by atoms with Gasteiger partial charge in [-0.1, -0.05) is 12.1 Å². The molecule has 4 rings (SSSR count). The summed E-state index contributed by atoms with van der Waals surface area (Å²) in [5.41, 5.74) is 1.38. The van der Waals surface area contributed by atoms with Crippen LogP contribution in [0.3, 0.4) is 0 Å². The van der Waals surface area contributed by atoms with Crippen molar-refractivity contribution < 1.29 is 19.2 Å². The molecule has 28 heavy (non-hydrogen) atoms. The third-order valence-corrected chi connectivity index (χ3v) is 4.18. The van der Waals surface area contributed by atoms with E-state index in [0.29, 0.717) is 22.9 Å². The van der Waals surface area contributed by atoms with E-state index in [1.54, 1.807) is 36.4 Å². The van der Waals surface area contributed by atoms with Crippen molar-refractivity contribution in [1.29, 1.82) is 0 Å². The van der Waals surface area contributed by atoms with Gasteiger partial charge in [-0.2, -0.15) is 0 Å². The number of nitrogens with zero attached hydrogens (tertiary/aromatic N) is 1. The molecule has 8 heteroatoms. The minimum Gasteiger partial charge on any atom is -0.454 e. The summed E-state index contributed by atoms with van der Waals surface area (Å²) in [6.45, 7) is 0. The van der Waals surface area contributed by atoms with E-state index < -0.39 is 10.8 Å². The first-order valence-electron chi connectivity index (χ1n) is 8.29. The van der Waals surface area contributed by atoms with E-state index in [2.05, 4.69) is 10.6 Å². The summed E-state index contributed by atoms with van der Waals surface area (Å²) in [5.74, 6) is 0.0903. The maximum Gasteiger partial charge on any atom is 0.269 e. The second kappa shape index (κ2) is 6.84. The molecule has 0 fully saturated rings. The highest BCUT2D eigenvalue weighted by Crippen LogP contribution is 2.36. The number of hydrogen-bond donors (Lipinski definition) is 2. The van der Waals surface area contributed by atoms with Gasteiger partial charge < -0.3 is 15.4 Å². The summed E-state index contributed by atoms with van der Waals surface area (Å²) in [5, 5.41) is 16.1. The molecular formula is C20H13N3O5. The first-order valence-corrected chi connectivity index (χ1v) is 8.29. The molecule has 0 saturated heterocycles. The molecule has 1 aliphatic heterocycles. The summed E-state index contributed by atoms with van der Waals surface area (Å²) in [7, 11) is 0. The minimum atomic E-state index is -0.537. The van der Waals surface area contributed by atoms with E-state index in [-0.39, 0.29) is 22.7 Å². The van der Waals surface area contributed by atoms with Crippen molar-refractivity contribution in [2.75, 3.05) is 10.6 Å². The second-order valence-electron chi connectivity index (χ2n) is 6.02. The first-order chi connectivity index (χ1) is 13.5. The van der Waals surface area contributed by atoms with E-state index in [0.717, 1.165) is 0 Å². The van der Waals surface area contributed by atoms with E-state index in [1.165, 1.54) is 30.3 Å². The lowest BCUT2D eigenvalue weighted by molar-refractivity contribution is -0.384. The third-order valence-electron chi connectivity index (χ3n) is 4.18. The molecule has 138 valence electrons. The zero-order valence-corrected chi connectivity index (χ0v) is 14.3. The molecule has 0 spiro atoms. The van der Waals surface area contributed by atoms with Gasteiger partial charge in [-0.05, 0) is 42.5 Å². The number of benzene rings is 3. The van der Waals surface area contributed by atoms with Gasteiger partial charge in [-0.15, -0.1) is 0 Å². The molecule has 0 aliphatic carbocycles. The Labute approximate surface area is 158 Å². The summed E-state index contributed by atoms with van der Waals surface area (Å²) in [4.78, 5) is 35.1. The Balaban J connectivity index is 1.57. The highest BCUT2D eigenvalue weighted by Gasteiger charge is 2.21. The van der Waals surface area contributed by atoms with E-state index >= 15 is 0 Å². The number of rotatable bonds is 3. The smallest absolute Gasteiger partial charge is 0.269 e. The SMILES string of the molecule is O=C(Nc1ccc2c(c1)C(=O)Nc1ccccc1O2)c1ccc([N+](=O)[O-])cc1. The molecule has 2 N–H and O–H groups in total. The number of carbonyl (C=O) groups is 2. The van der Waals surface area contributed by atoms with Gasteiger partial charge in [0.2, 0.25) is 0 Å². The van der Waals surface area contributed by atoms with Crippen LogP contribution >= 0.6 is 0 Å². The summed E-state index contributed by atoms with van der Waals surface area (Å²) < 4.78 is 5.79. The number of fused-ring (bicyclic) bond motifs is 2. The molecule has 2 amide bonds. The third kappa shape index (κ3) is 3.26. The number of non-ortho nitro benzene ring substituents is 1. The van der Waals surface area contributed by atoms with Gasteiger partial charge in [0.15, 0.2) is 5.75 Å². The normalized spacial score (nSPS) is 11.9. The van der Waals surface area contributed by atoms with Gasteiger partial charge in [0.25, 0.3) is 17.5 Å². The maximum atomic E-state index is 12.5. The van der Waals surface area contributed by atoms with Gasteiger partial charge in [0, 0.05) is 23.4 Å². The fourth-order valence-corrected chi connectivity index (χ4v) is 2.78. The van der Waals surface area contributed by atoms with Crippen LogP contribution < -0.4 is 15.4 Å². The molecule has 8 nitrogen and oxygen atoms in total. The Morgan fingerprint density at radius 2 is 1.75 bits per heavy atom. The number of amides is 2. The molecule has 0 saturated carbocycles. The van der Waals surface area contributed by atoms with Gasteiger partial charge in [0.1, 0.15) is 5.75 Å². The zero-order valence-electron chi connectivity index (χ0n) is 14.3. The fourth-order valence-electron chi connectivity index (χ4n) is 2.78. The summed E-state index contributed by atoms with van der Waals surface area (Å²) >= 11 is 0. The molecule has 3 aromatic carbocycles. The first kappa shape index (κ1) is 17.2. The minimum absolute atomic E-state index is 0.102. The molecule has 0 unspecified atom stereocenters. The number of nitro benzene ring substituents is 1. The number of para-hydroxylation sites is 2. The van der Waals surface area contributed by atoms with Crippen LogP contribution in [0.2, 0.25) is 0 Å². The number of ether oxygens (including phenoxy) is 1. The van der Waals surface area contributed by atoms with E-state index in [1.807, 2.05) is 0 Å². The number of hydrogen-bond acceptors (Lipinski definition) is 5. The molecule has 0 bridgehead atoms. The zero-order chi connectivity index (χ0) is 19.7. The molecule has 0 radical (unpaired) electrons. The Bertz CT molecular complexity index is 1110. The van der Waals surface area contributed by atoms with Crippen LogP contribution in [0.1, 0.15) is 20.7 Å². The number of nitro groups is 1. The molecule has 1 aliphatic rings. The quantitative estimate of drug-likeness (QED) is 0.526.